The summed E-state index contributed by atoms with van der Waals surface area (Å²) in [5.41, 5.74) is 6.99. The molecule has 2 N–H and O–H groups in total. The molecule has 3 nitrogen and oxygen atoms in total. The van der Waals surface area contributed by atoms with Gasteiger partial charge in [-0.1, -0.05) is 23.4 Å². The fourth-order valence-electron chi connectivity index (χ4n) is 1.32. The second kappa shape index (κ2) is 5.35. The summed E-state index contributed by atoms with van der Waals surface area (Å²) in [5.74, 6) is 5.35. The number of primary amides is 1. The van der Waals surface area contributed by atoms with Crippen molar-refractivity contribution in [1.82, 2.24) is 4.98 Å². The van der Waals surface area contributed by atoms with Crippen molar-refractivity contribution in [2.45, 2.75) is 0 Å². The lowest BCUT2D eigenvalue weighted by Crippen LogP contribution is -2.11. The van der Waals surface area contributed by atoms with Crippen molar-refractivity contribution in [3.8, 4) is 11.8 Å². The highest BCUT2D eigenvalue weighted by molar-refractivity contribution is 6.30. The largest absolute Gasteiger partial charge is 0.366 e. The molecule has 1 aromatic heterocycles. The average Bonchev–Trinajstić information content (AvgIpc) is 2.38. The Morgan fingerprint density at radius 3 is 2.44 bits per heavy atom. The van der Waals surface area contributed by atoms with Crippen LogP contribution in [0.15, 0.2) is 42.7 Å². The fraction of sp³-hybridized carbons (Fsp3) is 0. The third-order valence-electron chi connectivity index (χ3n) is 2.22. The van der Waals surface area contributed by atoms with Gasteiger partial charge in [0.15, 0.2) is 0 Å². The number of pyridine rings is 1. The molecule has 0 aliphatic heterocycles. The number of nitrogens with two attached hydrogens (primary N) is 1. The summed E-state index contributed by atoms with van der Waals surface area (Å²) < 4.78 is 0. The molecule has 0 radical (unpaired) electrons. The van der Waals surface area contributed by atoms with E-state index in [2.05, 4.69) is 16.8 Å². The zero-order chi connectivity index (χ0) is 13.0. The van der Waals surface area contributed by atoms with Gasteiger partial charge in [-0.05, 0) is 30.3 Å². The van der Waals surface area contributed by atoms with E-state index in [1.54, 1.807) is 24.4 Å². The second-order valence-electron chi connectivity index (χ2n) is 3.58. The summed E-state index contributed by atoms with van der Waals surface area (Å²) in [6, 6.07) is 8.78. The van der Waals surface area contributed by atoms with Crippen LogP contribution in [0.25, 0.3) is 0 Å². The topological polar surface area (TPSA) is 56.0 Å². The number of aromatic nitrogens is 1. The second-order valence-corrected chi connectivity index (χ2v) is 4.02. The minimum absolute atomic E-state index is 0.345. The Hall–Kier alpha value is -2.31. The smallest absolute Gasteiger partial charge is 0.250 e. The molecule has 2 aromatic rings. The number of halogens is 1. The van der Waals surface area contributed by atoms with Crippen molar-refractivity contribution in [2.75, 3.05) is 0 Å². The molecule has 0 aliphatic carbocycles. The molecular formula is C14H9ClN2O. The molecule has 0 fully saturated rings. The van der Waals surface area contributed by atoms with Gasteiger partial charge >= 0.3 is 0 Å². The summed E-state index contributed by atoms with van der Waals surface area (Å²) in [4.78, 5) is 14.9. The first kappa shape index (κ1) is 12.2. The van der Waals surface area contributed by atoms with Gasteiger partial charge in [-0.25, -0.2) is 0 Å². The van der Waals surface area contributed by atoms with E-state index in [0.29, 0.717) is 16.1 Å². The number of amides is 1. The zero-order valence-electron chi connectivity index (χ0n) is 9.35. The van der Waals surface area contributed by atoms with E-state index in [1.165, 1.54) is 6.20 Å². The molecule has 1 aromatic carbocycles. The third-order valence-corrected chi connectivity index (χ3v) is 2.47. The van der Waals surface area contributed by atoms with Crippen LogP contribution in [0.1, 0.15) is 21.5 Å². The van der Waals surface area contributed by atoms with Gasteiger partial charge in [0.1, 0.15) is 0 Å². The molecule has 0 bridgehead atoms. The first-order chi connectivity index (χ1) is 8.65. The predicted molar refractivity (Wildman–Crippen MR) is 70.2 cm³/mol. The van der Waals surface area contributed by atoms with Gasteiger partial charge in [0.05, 0.1) is 5.56 Å². The van der Waals surface area contributed by atoms with Gasteiger partial charge in [0, 0.05) is 28.5 Å². The highest BCUT2D eigenvalue weighted by Crippen LogP contribution is 2.08. The minimum atomic E-state index is -0.516. The highest BCUT2D eigenvalue weighted by Gasteiger charge is 2.00. The monoisotopic (exact) mass is 256 g/mol. The molecule has 1 amide bonds. The number of hydrogen-bond acceptors (Lipinski definition) is 2. The molecule has 88 valence electrons. The molecule has 0 aliphatic rings. The molecule has 1 heterocycles. The maximum absolute atomic E-state index is 11.0. The molecule has 0 atom stereocenters. The third kappa shape index (κ3) is 3.09. The van der Waals surface area contributed by atoms with E-state index in [9.17, 15) is 4.79 Å². The van der Waals surface area contributed by atoms with E-state index in [1.807, 2.05) is 12.1 Å². The SMILES string of the molecule is NC(=O)c1cncc(C#Cc2ccc(Cl)cc2)c1. The van der Waals surface area contributed by atoms with Gasteiger partial charge in [0.2, 0.25) is 5.91 Å². The first-order valence-corrected chi connectivity index (χ1v) is 5.55. The van der Waals surface area contributed by atoms with Gasteiger partial charge in [0.25, 0.3) is 0 Å². The van der Waals surface area contributed by atoms with E-state index in [-0.39, 0.29) is 0 Å². The molecule has 4 heteroatoms. The molecule has 0 unspecified atom stereocenters. The molecule has 18 heavy (non-hydrogen) atoms. The minimum Gasteiger partial charge on any atom is -0.366 e. The standard InChI is InChI=1S/C14H9ClN2O/c15-13-5-3-10(4-6-13)1-2-11-7-12(14(16)18)9-17-8-11/h3-9H,(H2,16,18). The molecule has 0 saturated carbocycles. The van der Waals surface area contributed by atoms with Crippen LogP contribution < -0.4 is 5.73 Å². The van der Waals surface area contributed by atoms with Crippen molar-refractivity contribution in [2.24, 2.45) is 5.73 Å². The van der Waals surface area contributed by atoms with Crippen LogP contribution in [0.4, 0.5) is 0 Å². The Morgan fingerprint density at radius 2 is 1.78 bits per heavy atom. The first-order valence-electron chi connectivity index (χ1n) is 5.17. The van der Waals surface area contributed by atoms with Gasteiger partial charge in [-0.3, -0.25) is 9.78 Å². The van der Waals surface area contributed by atoms with Crippen LogP contribution >= 0.6 is 11.6 Å². The van der Waals surface area contributed by atoms with Crippen LogP contribution in [0, 0.1) is 11.8 Å². The summed E-state index contributed by atoms with van der Waals surface area (Å²) in [6.45, 7) is 0. The van der Waals surface area contributed by atoms with Crippen LogP contribution in [0.3, 0.4) is 0 Å². The maximum Gasteiger partial charge on any atom is 0.250 e. The van der Waals surface area contributed by atoms with Gasteiger partial charge in [-0.2, -0.15) is 0 Å². The highest BCUT2D eigenvalue weighted by atomic mass is 35.5. The Bertz CT molecular complexity index is 639. The number of hydrogen-bond donors (Lipinski definition) is 1. The van der Waals surface area contributed by atoms with Crippen molar-refractivity contribution in [3.63, 3.8) is 0 Å². The number of carbonyl (C=O) groups is 1. The van der Waals surface area contributed by atoms with Crippen molar-refractivity contribution in [3.05, 3.63) is 64.4 Å². The van der Waals surface area contributed by atoms with Crippen LogP contribution in [-0.4, -0.2) is 10.9 Å². The Balaban J connectivity index is 2.27. The number of carbonyl (C=O) groups excluding carboxylic acids is 1. The molecule has 2 rings (SSSR count). The Labute approximate surface area is 110 Å². The Kier molecular flexibility index (Phi) is 3.61. The lowest BCUT2D eigenvalue weighted by atomic mass is 10.2. The number of nitrogens with zero attached hydrogens (tertiary/aromatic N) is 1. The predicted octanol–water partition coefficient (Wildman–Crippen LogP) is 2.23. The van der Waals surface area contributed by atoms with E-state index in [4.69, 9.17) is 17.3 Å². The van der Waals surface area contributed by atoms with Crippen molar-refractivity contribution in [1.29, 1.82) is 0 Å². The lowest BCUT2D eigenvalue weighted by molar-refractivity contribution is 0.1000. The van der Waals surface area contributed by atoms with Crippen LogP contribution in [0.2, 0.25) is 5.02 Å². The number of benzene rings is 1. The normalized spacial score (nSPS) is 9.39. The summed E-state index contributed by atoms with van der Waals surface area (Å²) >= 11 is 5.77. The summed E-state index contributed by atoms with van der Waals surface area (Å²) in [5, 5.41) is 0.665. The van der Waals surface area contributed by atoms with E-state index < -0.39 is 5.91 Å². The van der Waals surface area contributed by atoms with Crippen LogP contribution in [0.5, 0.6) is 0 Å². The molecule has 0 spiro atoms. The molecular weight excluding hydrogens is 248 g/mol. The quantitative estimate of drug-likeness (QED) is 0.796. The van der Waals surface area contributed by atoms with Crippen molar-refractivity contribution < 1.29 is 4.79 Å². The van der Waals surface area contributed by atoms with Crippen molar-refractivity contribution >= 4 is 17.5 Å². The van der Waals surface area contributed by atoms with Gasteiger partial charge < -0.3 is 5.73 Å². The fourth-order valence-corrected chi connectivity index (χ4v) is 1.45. The summed E-state index contributed by atoms with van der Waals surface area (Å²) in [6.07, 6.45) is 2.99. The van der Waals surface area contributed by atoms with Gasteiger partial charge in [-0.15, -0.1) is 0 Å². The van der Waals surface area contributed by atoms with E-state index >= 15 is 0 Å². The summed E-state index contributed by atoms with van der Waals surface area (Å²) in [7, 11) is 0. The molecule has 0 saturated heterocycles. The maximum atomic E-state index is 11.0. The number of rotatable bonds is 1. The lowest BCUT2D eigenvalue weighted by Gasteiger charge is -1.94. The van der Waals surface area contributed by atoms with Crippen LogP contribution in [-0.2, 0) is 0 Å². The zero-order valence-corrected chi connectivity index (χ0v) is 10.1. The average molecular weight is 257 g/mol. The van der Waals surface area contributed by atoms with E-state index in [0.717, 1.165) is 5.56 Å². The Morgan fingerprint density at radius 1 is 1.11 bits per heavy atom.